The average molecular weight is 461 g/mol. The summed E-state index contributed by atoms with van der Waals surface area (Å²) in [6.07, 6.45) is 4.49. The quantitative estimate of drug-likeness (QED) is 0.674. The van der Waals surface area contributed by atoms with Crippen LogP contribution in [0.5, 0.6) is 5.75 Å². The second-order valence-corrected chi connectivity index (χ2v) is 9.88. The van der Waals surface area contributed by atoms with E-state index in [0.29, 0.717) is 22.4 Å². The Morgan fingerprint density at radius 1 is 1.19 bits per heavy atom. The number of piperidine rings is 1. The zero-order valence-corrected chi connectivity index (χ0v) is 19.7. The molecule has 166 valence electrons. The van der Waals surface area contributed by atoms with E-state index in [2.05, 4.69) is 35.5 Å². The molecule has 6 heteroatoms. The Morgan fingerprint density at radius 3 is 2.81 bits per heavy atom. The van der Waals surface area contributed by atoms with E-state index < -0.39 is 0 Å². The van der Waals surface area contributed by atoms with Crippen molar-refractivity contribution in [2.45, 2.75) is 43.6 Å². The lowest BCUT2D eigenvalue weighted by Gasteiger charge is -2.52. The molecule has 1 saturated carbocycles. The predicted molar refractivity (Wildman–Crippen MR) is 126 cm³/mol. The minimum atomic E-state index is 0.0376. The third-order valence-corrected chi connectivity index (χ3v) is 7.82. The lowest BCUT2D eigenvalue weighted by Crippen LogP contribution is -2.55. The summed E-state index contributed by atoms with van der Waals surface area (Å²) in [5.41, 5.74) is 2.29. The minimum Gasteiger partial charge on any atom is -0.497 e. The summed E-state index contributed by atoms with van der Waals surface area (Å²) < 4.78 is 5.52. The summed E-state index contributed by atoms with van der Waals surface area (Å²) in [5, 5.41) is 4.30. The normalized spacial score (nSPS) is 26.2. The van der Waals surface area contributed by atoms with Crippen LogP contribution in [0.4, 0.5) is 0 Å². The molecular weight excluding hydrogens is 431 g/mol. The number of likely N-dealkylation sites (tertiary alicyclic amines) is 1. The smallest absolute Gasteiger partial charge is 0.224 e. The summed E-state index contributed by atoms with van der Waals surface area (Å²) in [5.74, 6) is 1.52. The summed E-state index contributed by atoms with van der Waals surface area (Å²) in [4.78, 5) is 15.3. The van der Waals surface area contributed by atoms with Gasteiger partial charge in [0.15, 0.2) is 0 Å². The van der Waals surface area contributed by atoms with Crippen LogP contribution < -0.4 is 10.1 Å². The van der Waals surface area contributed by atoms with Crippen LogP contribution in [0.1, 0.15) is 36.8 Å². The van der Waals surface area contributed by atoms with Crippen molar-refractivity contribution in [1.29, 1.82) is 0 Å². The number of halogens is 2. The molecule has 3 atom stereocenters. The zero-order chi connectivity index (χ0) is 22.0. The highest BCUT2D eigenvalue weighted by molar-refractivity contribution is 6.42. The van der Waals surface area contributed by atoms with Gasteiger partial charge in [-0.3, -0.25) is 4.79 Å². The van der Waals surface area contributed by atoms with Crippen LogP contribution in [-0.2, 0) is 16.6 Å². The second-order valence-electron chi connectivity index (χ2n) is 9.07. The monoisotopic (exact) mass is 460 g/mol. The van der Waals surface area contributed by atoms with Crippen LogP contribution in [0.25, 0.3) is 0 Å². The van der Waals surface area contributed by atoms with Gasteiger partial charge in [-0.25, -0.2) is 0 Å². The molecule has 0 aromatic heterocycles. The van der Waals surface area contributed by atoms with E-state index in [1.54, 1.807) is 19.2 Å². The number of ether oxygens (including phenoxy) is 1. The van der Waals surface area contributed by atoms with Gasteiger partial charge in [0.2, 0.25) is 5.91 Å². The molecule has 4 nitrogen and oxygen atoms in total. The molecule has 0 spiro atoms. The standard InChI is InChI=1S/C25H30Cl2N2O2/c1-29-11-10-25(18-4-3-5-21(14-18)31-2)15-20(8-7-19(25)16-29)28-24(30)13-17-6-9-22(26)23(27)12-17/h3-6,9,12,14,19-20H,7-8,10-11,13,15-16H2,1-2H3,(H,28,30)/t19?,20-,25?/m1/s1. The zero-order valence-electron chi connectivity index (χ0n) is 18.2. The third kappa shape index (κ3) is 4.87. The Labute approximate surface area is 194 Å². The molecule has 31 heavy (non-hydrogen) atoms. The van der Waals surface area contributed by atoms with Crippen molar-refractivity contribution in [3.05, 3.63) is 63.6 Å². The highest BCUT2D eigenvalue weighted by Crippen LogP contribution is 2.49. The maximum absolute atomic E-state index is 12.8. The third-order valence-electron chi connectivity index (χ3n) is 7.09. The molecule has 4 rings (SSSR count). The van der Waals surface area contributed by atoms with E-state index in [9.17, 15) is 4.79 Å². The van der Waals surface area contributed by atoms with Gasteiger partial charge < -0.3 is 15.0 Å². The van der Waals surface area contributed by atoms with Crippen LogP contribution >= 0.6 is 23.2 Å². The molecule has 1 heterocycles. The number of nitrogens with one attached hydrogen (secondary N) is 1. The van der Waals surface area contributed by atoms with Crippen LogP contribution in [0.3, 0.4) is 0 Å². The van der Waals surface area contributed by atoms with Crippen LogP contribution in [-0.4, -0.2) is 44.1 Å². The number of nitrogens with zero attached hydrogens (tertiary/aromatic N) is 1. The highest BCUT2D eigenvalue weighted by atomic mass is 35.5. The molecule has 2 aliphatic rings. The Balaban J connectivity index is 1.51. The van der Waals surface area contributed by atoms with Crippen molar-refractivity contribution in [2.24, 2.45) is 5.92 Å². The van der Waals surface area contributed by atoms with E-state index in [4.69, 9.17) is 27.9 Å². The van der Waals surface area contributed by atoms with Gasteiger partial charge in [-0.1, -0.05) is 41.4 Å². The number of hydrogen-bond donors (Lipinski definition) is 1. The van der Waals surface area contributed by atoms with Crippen molar-refractivity contribution < 1.29 is 9.53 Å². The molecule has 1 aliphatic carbocycles. The van der Waals surface area contributed by atoms with Crippen molar-refractivity contribution in [2.75, 3.05) is 27.2 Å². The molecule has 1 N–H and O–H groups in total. The Morgan fingerprint density at radius 2 is 2.03 bits per heavy atom. The first kappa shape index (κ1) is 22.4. The van der Waals surface area contributed by atoms with Crippen LogP contribution in [0.15, 0.2) is 42.5 Å². The van der Waals surface area contributed by atoms with Gasteiger partial charge in [0.25, 0.3) is 0 Å². The van der Waals surface area contributed by atoms with Gasteiger partial charge in [-0.05, 0) is 80.6 Å². The van der Waals surface area contributed by atoms with Crippen molar-refractivity contribution >= 4 is 29.1 Å². The number of carbonyl (C=O) groups excluding carboxylic acids is 1. The van der Waals surface area contributed by atoms with Gasteiger partial charge in [0.1, 0.15) is 5.75 Å². The molecule has 0 bridgehead atoms. The van der Waals surface area contributed by atoms with E-state index in [0.717, 1.165) is 50.1 Å². The van der Waals surface area contributed by atoms with Gasteiger partial charge >= 0.3 is 0 Å². The Kier molecular flexibility index (Phi) is 6.80. The largest absolute Gasteiger partial charge is 0.497 e. The number of benzene rings is 2. The van der Waals surface area contributed by atoms with Crippen molar-refractivity contribution in [3.63, 3.8) is 0 Å². The summed E-state index contributed by atoms with van der Waals surface area (Å²) >= 11 is 12.1. The number of methoxy groups -OCH3 is 1. The number of hydrogen-bond acceptors (Lipinski definition) is 3. The molecular formula is C25H30Cl2N2O2. The first-order chi connectivity index (χ1) is 14.9. The lowest BCUT2D eigenvalue weighted by atomic mass is 9.58. The van der Waals surface area contributed by atoms with Gasteiger partial charge in [0, 0.05) is 18.0 Å². The average Bonchev–Trinajstić information content (AvgIpc) is 2.76. The fourth-order valence-corrected chi connectivity index (χ4v) is 5.81. The first-order valence-electron chi connectivity index (χ1n) is 11.0. The fraction of sp³-hybridized carbons (Fsp3) is 0.480. The maximum atomic E-state index is 12.8. The van der Waals surface area contributed by atoms with Gasteiger partial charge in [-0.15, -0.1) is 0 Å². The van der Waals surface area contributed by atoms with Crippen molar-refractivity contribution in [1.82, 2.24) is 10.2 Å². The number of rotatable bonds is 5. The lowest BCUT2D eigenvalue weighted by molar-refractivity contribution is -0.121. The summed E-state index contributed by atoms with van der Waals surface area (Å²) in [7, 11) is 3.93. The SMILES string of the molecule is COc1cccc(C23CCN(C)CC2CC[C@@H](NC(=O)Cc2ccc(Cl)c(Cl)c2)C3)c1. The van der Waals surface area contributed by atoms with Crippen LogP contribution in [0.2, 0.25) is 10.0 Å². The van der Waals surface area contributed by atoms with Crippen molar-refractivity contribution in [3.8, 4) is 5.75 Å². The number of carbonyl (C=O) groups is 1. The predicted octanol–water partition coefficient (Wildman–Crippen LogP) is 5.10. The fourth-order valence-electron chi connectivity index (χ4n) is 5.48. The summed E-state index contributed by atoms with van der Waals surface area (Å²) in [6, 6.07) is 14.1. The Hall–Kier alpha value is -1.75. The summed E-state index contributed by atoms with van der Waals surface area (Å²) in [6.45, 7) is 2.17. The van der Waals surface area contributed by atoms with E-state index in [1.165, 1.54) is 5.56 Å². The first-order valence-corrected chi connectivity index (χ1v) is 11.7. The maximum Gasteiger partial charge on any atom is 0.224 e. The minimum absolute atomic E-state index is 0.0376. The molecule has 0 radical (unpaired) electrons. The van der Waals surface area contributed by atoms with E-state index in [-0.39, 0.29) is 17.4 Å². The van der Waals surface area contributed by atoms with Gasteiger partial charge in [0.05, 0.1) is 23.6 Å². The molecule has 1 aliphatic heterocycles. The number of fused-ring (bicyclic) bond motifs is 1. The molecule has 2 aromatic rings. The topological polar surface area (TPSA) is 41.6 Å². The van der Waals surface area contributed by atoms with E-state index in [1.807, 2.05) is 12.1 Å². The second kappa shape index (κ2) is 9.40. The molecule has 2 unspecified atom stereocenters. The van der Waals surface area contributed by atoms with Gasteiger partial charge in [-0.2, -0.15) is 0 Å². The molecule has 1 amide bonds. The van der Waals surface area contributed by atoms with Crippen LogP contribution in [0, 0.1) is 5.92 Å². The molecule has 1 saturated heterocycles. The number of amides is 1. The molecule has 2 fully saturated rings. The molecule has 2 aromatic carbocycles. The highest BCUT2D eigenvalue weighted by Gasteiger charge is 2.47. The van der Waals surface area contributed by atoms with E-state index >= 15 is 0 Å². The Bertz CT molecular complexity index is 951.